The zero-order valence-electron chi connectivity index (χ0n) is 12.3. The summed E-state index contributed by atoms with van der Waals surface area (Å²) < 4.78 is 10.4. The number of nitrogens with one attached hydrogen (secondary N) is 2. The van der Waals surface area contributed by atoms with Crippen molar-refractivity contribution in [3.8, 4) is 11.5 Å². The highest BCUT2D eigenvalue weighted by Crippen LogP contribution is 2.32. The van der Waals surface area contributed by atoms with Gasteiger partial charge in [0.15, 0.2) is 0 Å². The van der Waals surface area contributed by atoms with Crippen LogP contribution in [0.25, 0.3) is 0 Å². The molecule has 2 rings (SSSR count). The molecule has 1 atom stereocenters. The number of methoxy groups -OCH3 is 2. The van der Waals surface area contributed by atoms with Gasteiger partial charge in [-0.05, 0) is 38.4 Å². The lowest BCUT2D eigenvalue weighted by Gasteiger charge is -2.32. The first kappa shape index (κ1) is 14.7. The average molecular weight is 278 g/mol. The number of hydrogen-bond donors (Lipinski definition) is 2. The van der Waals surface area contributed by atoms with E-state index in [4.69, 9.17) is 9.47 Å². The van der Waals surface area contributed by atoms with Crippen LogP contribution in [0.2, 0.25) is 0 Å². The second-order valence-corrected chi connectivity index (χ2v) is 5.36. The summed E-state index contributed by atoms with van der Waals surface area (Å²) in [6, 6.07) is 5.37. The molecule has 0 saturated carbocycles. The highest BCUT2D eigenvalue weighted by atomic mass is 16.5. The average Bonchev–Trinajstić information content (AvgIpc) is 2.48. The molecule has 5 nitrogen and oxygen atoms in total. The summed E-state index contributed by atoms with van der Waals surface area (Å²) in [7, 11) is 3.18. The molecule has 1 unspecified atom stereocenters. The molecule has 0 aromatic heterocycles. The predicted molar refractivity (Wildman–Crippen MR) is 78.4 cm³/mol. The smallest absolute Gasteiger partial charge is 0.231 e. The number of amides is 1. The Morgan fingerprint density at radius 2 is 2.15 bits per heavy atom. The van der Waals surface area contributed by atoms with Gasteiger partial charge >= 0.3 is 0 Å². The van der Waals surface area contributed by atoms with Crippen LogP contribution in [-0.4, -0.2) is 33.2 Å². The Hall–Kier alpha value is -1.75. The predicted octanol–water partition coefficient (Wildman–Crippen LogP) is 2.03. The van der Waals surface area contributed by atoms with Gasteiger partial charge in [0.1, 0.15) is 11.5 Å². The Bertz CT molecular complexity index is 482. The second kappa shape index (κ2) is 6.13. The summed E-state index contributed by atoms with van der Waals surface area (Å²) >= 11 is 0. The number of carbonyl (C=O) groups is 1. The van der Waals surface area contributed by atoms with Gasteiger partial charge in [-0.2, -0.15) is 0 Å². The van der Waals surface area contributed by atoms with E-state index in [-0.39, 0.29) is 11.3 Å². The van der Waals surface area contributed by atoms with Crippen molar-refractivity contribution < 1.29 is 14.3 Å². The molecule has 1 heterocycles. The third-order valence-electron chi connectivity index (χ3n) is 3.80. The van der Waals surface area contributed by atoms with Gasteiger partial charge < -0.3 is 20.1 Å². The first-order valence-corrected chi connectivity index (χ1v) is 6.83. The van der Waals surface area contributed by atoms with E-state index < -0.39 is 0 Å². The lowest BCUT2D eigenvalue weighted by atomic mass is 9.82. The van der Waals surface area contributed by atoms with Crippen molar-refractivity contribution in [3.05, 3.63) is 18.2 Å². The van der Waals surface area contributed by atoms with Crippen LogP contribution in [0, 0.1) is 5.41 Å². The molecule has 110 valence electrons. The van der Waals surface area contributed by atoms with Crippen molar-refractivity contribution in [1.82, 2.24) is 5.32 Å². The quantitative estimate of drug-likeness (QED) is 0.885. The van der Waals surface area contributed by atoms with Gasteiger partial charge in [0.2, 0.25) is 5.91 Å². The van der Waals surface area contributed by atoms with E-state index in [0.29, 0.717) is 23.7 Å². The summed E-state index contributed by atoms with van der Waals surface area (Å²) in [6.45, 7) is 3.68. The van der Waals surface area contributed by atoms with Crippen LogP contribution in [0.3, 0.4) is 0 Å². The van der Waals surface area contributed by atoms with Crippen molar-refractivity contribution >= 4 is 11.6 Å². The highest BCUT2D eigenvalue weighted by Gasteiger charge is 2.34. The molecule has 2 N–H and O–H groups in total. The van der Waals surface area contributed by atoms with Gasteiger partial charge in [0, 0.05) is 12.6 Å². The molecule has 0 radical (unpaired) electrons. The van der Waals surface area contributed by atoms with Crippen LogP contribution < -0.4 is 20.1 Å². The van der Waals surface area contributed by atoms with Crippen LogP contribution in [0.1, 0.15) is 19.8 Å². The highest BCUT2D eigenvalue weighted by molar-refractivity contribution is 5.96. The van der Waals surface area contributed by atoms with Crippen molar-refractivity contribution in [2.75, 3.05) is 32.6 Å². The summed E-state index contributed by atoms with van der Waals surface area (Å²) in [4.78, 5) is 12.5. The third kappa shape index (κ3) is 3.04. The van der Waals surface area contributed by atoms with Gasteiger partial charge in [0.25, 0.3) is 0 Å². The van der Waals surface area contributed by atoms with E-state index in [1.54, 1.807) is 32.4 Å². The zero-order chi connectivity index (χ0) is 14.6. The first-order chi connectivity index (χ1) is 9.59. The van der Waals surface area contributed by atoms with Crippen molar-refractivity contribution in [1.29, 1.82) is 0 Å². The Morgan fingerprint density at radius 1 is 1.35 bits per heavy atom. The molecule has 1 saturated heterocycles. The van der Waals surface area contributed by atoms with Crippen molar-refractivity contribution in [2.24, 2.45) is 5.41 Å². The van der Waals surface area contributed by atoms with Crippen molar-refractivity contribution in [2.45, 2.75) is 19.8 Å². The second-order valence-electron chi connectivity index (χ2n) is 5.36. The minimum absolute atomic E-state index is 0.0215. The molecule has 1 aromatic carbocycles. The van der Waals surface area contributed by atoms with Crippen molar-refractivity contribution in [3.63, 3.8) is 0 Å². The molecular weight excluding hydrogens is 256 g/mol. The largest absolute Gasteiger partial charge is 0.497 e. The molecule has 0 bridgehead atoms. The Balaban J connectivity index is 2.14. The number of ether oxygens (including phenoxy) is 2. The van der Waals surface area contributed by atoms with Gasteiger partial charge in [-0.3, -0.25) is 4.79 Å². The Labute approximate surface area is 119 Å². The lowest BCUT2D eigenvalue weighted by molar-refractivity contribution is -0.125. The topological polar surface area (TPSA) is 59.6 Å². The van der Waals surface area contributed by atoms with Crippen LogP contribution in [0.5, 0.6) is 11.5 Å². The fourth-order valence-electron chi connectivity index (χ4n) is 2.43. The number of benzene rings is 1. The number of piperidine rings is 1. The molecule has 1 amide bonds. The molecular formula is C15H22N2O3. The van der Waals surface area contributed by atoms with E-state index in [0.717, 1.165) is 19.4 Å². The lowest BCUT2D eigenvalue weighted by Crippen LogP contribution is -2.46. The van der Waals surface area contributed by atoms with Crippen LogP contribution >= 0.6 is 0 Å². The molecule has 1 fully saturated rings. The molecule has 1 aliphatic heterocycles. The minimum atomic E-state index is -0.372. The summed E-state index contributed by atoms with van der Waals surface area (Å²) in [5.41, 5.74) is 0.300. The normalized spacial score (nSPS) is 22.1. The van der Waals surface area contributed by atoms with Crippen LogP contribution in [-0.2, 0) is 4.79 Å². The van der Waals surface area contributed by atoms with Crippen LogP contribution in [0.4, 0.5) is 5.69 Å². The molecule has 0 spiro atoms. The summed E-state index contributed by atoms with van der Waals surface area (Å²) in [5.74, 6) is 1.32. The maximum Gasteiger partial charge on any atom is 0.231 e. The number of hydrogen-bond acceptors (Lipinski definition) is 4. The van der Waals surface area contributed by atoms with E-state index >= 15 is 0 Å². The van der Waals surface area contributed by atoms with Gasteiger partial charge in [-0.15, -0.1) is 0 Å². The Morgan fingerprint density at radius 3 is 2.75 bits per heavy atom. The molecule has 0 aliphatic carbocycles. The Kier molecular flexibility index (Phi) is 4.49. The molecule has 5 heteroatoms. The van der Waals surface area contributed by atoms with E-state index in [1.165, 1.54) is 0 Å². The maximum absolute atomic E-state index is 12.5. The monoisotopic (exact) mass is 278 g/mol. The van der Waals surface area contributed by atoms with E-state index in [9.17, 15) is 4.79 Å². The molecule has 20 heavy (non-hydrogen) atoms. The molecule has 1 aromatic rings. The maximum atomic E-state index is 12.5. The van der Waals surface area contributed by atoms with Gasteiger partial charge in [-0.1, -0.05) is 0 Å². The third-order valence-corrected chi connectivity index (χ3v) is 3.80. The standard InChI is InChI=1S/C15H22N2O3/c1-15(7-4-8-16-10-15)14(18)17-12-6-5-11(19-2)9-13(12)20-3/h5-6,9,16H,4,7-8,10H2,1-3H3,(H,17,18). The molecule has 1 aliphatic rings. The number of carbonyl (C=O) groups excluding carboxylic acids is 1. The van der Waals surface area contributed by atoms with Gasteiger partial charge in [-0.25, -0.2) is 0 Å². The van der Waals surface area contributed by atoms with E-state index in [1.807, 2.05) is 6.92 Å². The summed E-state index contributed by atoms with van der Waals surface area (Å²) in [6.07, 6.45) is 1.91. The van der Waals surface area contributed by atoms with Gasteiger partial charge in [0.05, 0.1) is 25.3 Å². The fourth-order valence-corrected chi connectivity index (χ4v) is 2.43. The summed E-state index contributed by atoms with van der Waals surface area (Å²) in [5, 5.41) is 6.24. The SMILES string of the molecule is COc1ccc(NC(=O)C2(C)CCCNC2)c(OC)c1. The minimum Gasteiger partial charge on any atom is -0.497 e. The zero-order valence-corrected chi connectivity index (χ0v) is 12.3. The first-order valence-electron chi connectivity index (χ1n) is 6.83. The van der Waals surface area contributed by atoms with Crippen LogP contribution in [0.15, 0.2) is 18.2 Å². The number of rotatable bonds is 4. The van der Waals surface area contributed by atoms with E-state index in [2.05, 4.69) is 10.6 Å². The fraction of sp³-hybridized carbons (Fsp3) is 0.533. The number of anilines is 1.